The summed E-state index contributed by atoms with van der Waals surface area (Å²) >= 11 is 0. The predicted molar refractivity (Wildman–Crippen MR) is 133 cm³/mol. The summed E-state index contributed by atoms with van der Waals surface area (Å²) in [6.45, 7) is 3.28. The molecule has 1 aliphatic heterocycles. The number of ketones is 1. The number of benzene rings is 2. The maximum Gasteiger partial charge on any atom is 0.262 e. The highest BCUT2D eigenvalue weighted by Gasteiger charge is 2.23. The molecule has 10 heteroatoms. The molecule has 4 aromatic rings. The lowest BCUT2D eigenvalue weighted by Crippen LogP contribution is -2.49. The molecule has 1 amide bonds. The number of para-hydroxylation sites is 1. The van der Waals surface area contributed by atoms with Crippen LogP contribution in [-0.4, -0.2) is 62.5 Å². The summed E-state index contributed by atoms with van der Waals surface area (Å²) < 4.78 is 16.1. The van der Waals surface area contributed by atoms with Crippen molar-refractivity contribution in [2.75, 3.05) is 31.1 Å². The van der Waals surface area contributed by atoms with Crippen LogP contribution in [-0.2, 0) is 11.2 Å². The summed E-state index contributed by atoms with van der Waals surface area (Å²) in [5, 5.41) is 4.68. The number of rotatable bonds is 6. The SMILES string of the molecule is CC(=O)c1ccc(N2CCN(C(=O)CCc3nc4c(cnn4-c4ccccc4)c(=O)[nH]3)CC2)c(F)c1. The number of Topliss-reactive ketones (excluding diaryl/α,β-unsaturated/α-hetero) is 1. The molecule has 0 spiro atoms. The van der Waals surface area contributed by atoms with Gasteiger partial charge in [0.2, 0.25) is 5.91 Å². The summed E-state index contributed by atoms with van der Waals surface area (Å²) in [5.41, 5.74) is 1.70. The fourth-order valence-corrected chi connectivity index (χ4v) is 4.40. The average Bonchev–Trinajstić information content (AvgIpc) is 3.32. The molecular weight excluding hydrogens is 463 g/mol. The highest BCUT2D eigenvalue weighted by Crippen LogP contribution is 2.22. The van der Waals surface area contributed by atoms with E-state index in [4.69, 9.17) is 0 Å². The molecule has 1 N–H and O–H groups in total. The Kier molecular flexibility index (Phi) is 6.32. The average molecular weight is 489 g/mol. The van der Waals surface area contributed by atoms with Crippen LogP contribution in [0.3, 0.4) is 0 Å². The number of piperazine rings is 1. The van der Waals surface area contributed by atoms with E-state index in [0.29, 0.717) is 54.3 Å². The third-order valence-corrected chi connectivity index (χ3v) is 6.39. The van der Waals surface area contributed by atoms with Gasteiger partial charge in [-0.2, -0.15) is 5.10 Å². The number of fused-ring (bicyclic) bond motifs is 1. The first kappa shape index (κ1) is 23.4. The van der Waals surface area contributed by atoms with Crippen molar-refractivity contribution >= 4 is 28.4 Å². The van der Waals surface area contributed by atoms with Gasteiger partial charge in [-0.05, 0) is 37.3 Å². The van der Waals surface area contributed by atoms with E-state index in [1.54, 1.807) is 21.7 Å². The molecule has 184 valence electrons. The predicted octanol–water partition coefficient (Wildman–Crippen LogP) is 2.73. The Hall–Kier alpha value is -4.34. The minimum absolute atomic E-state index is 0.0543. The Labute approximate surface area is 206 Å². The monoisotopic (exact) mass is 488 g/mol. The first-order valence-corrected chi connectivity index (χ1v) is 11.8. The zero-order chi connectivity index (χ0) is 25.2. The maximum absolute atomic E-state index is 14.5. The molecule has 0 unspecified atom stereocenters. The molecule has 3 heterocycles. The van der Waals surface area contributed by atoms with Crippen molar-refractivity contribution in [1.29, 1.82) is 0 Å². The summed E-state index contributed by atoms with van der Waals surface area (Å²) in [6, 6.07) is 13.9. The molecule has 0 atom stereocenters. The number of nitrogens with one attached hydrogen (secondary N) is 1. The minimum atomic E-state index is -0.442. The number of amides is 1. The van der Waals surface area contributed by atoms with Gasteiger partial charge in [0, 0.05) is 44.6 Å². The smallest absolute Gasteiger partial charge is 0.262 e. The van der Waals surface area contributed by atoms with Crippen molar-refractivity contribution in [3.05, 3.63) is 82.3 Å². The molecule has 5 rings (SSSR count). The Morgan fingerprint density at radius 3 is 2.50 bits per heavy atom. The van der Waals surface area contributed by atoms with Crippen LogP contribution in [0.1, 0.15) is 29.5 Å². The zero-order valence-corrected chi connectivity index (χ0v) is 19.8. The minimum Gasteiger partial charge on any atom is -0.366 e. The Bertz CT molecular complexity index is 1490. The Balaban J connectivity index is 1.23. The number of anilines is 1. The second-order valence-electron chi connectivity index (χ2n) is 8.73. The molecule has 1 saturated heterocycles. The van der Waals surface area contributed by atoms with Gasteiger partial charge >= 0.3 is 0 Å². The van der Waals surface area contributed by atoms with Crippen LogP contribution in [0.5, 0.6) is 0 Å². The van der Waals surface area contributed by atoms with Crippen LogP contribution >= 0.6 is 0 Å². The number of hydrogen-bond acceptors (Lipinski definition) is 6. The first-order valence-electron chi connectivity index (χ1n) is 11.8. The summed E-state index contributed by atoms with van der Waals surface area (Å²) in [5.74, 6) is -0.260. The van der Waals surface area contributed by atoms with Crippen LogP contribution in [0.25, 0.3) is 16.7 Å². The Morgan fingerprint density at radius 2 is 1.81 bits per heavy atom. The quantitative estimate of drug-likeness (QED) is 0.419. The molecule has 0 aliphatic carbocycles. The van der Waals surface area contributed by atoms with Gasteiger partial charge in [0.25, 0.3) is 5.56 Å². The van der Waals surface area contributed by atoms with Gasteiger partial charge < -0.3 is 14.8 Å². The van der Waals surface area contributed by atoms with E-state index < -0.39 is 5.82 Å². The number of H-pyrrole nitrogens is 1. The first-order chi connectivity index (χ1) is 17.4. The molecule has 36 heavy (non-hydrogen) atoms. The summed E-state index contributed by atoms with van der Waals surface area (Å²) in [6.07, 6.45) is 1.96. The van der Waals surface area contributed by atoms with E-state index >= 15 is 0 Å². The molecule has 1 aliphatic rings. The molecule has 2 aromatic heterocycles. The van der Waals surface area contributed by atoms with E-state index in [0.717, 1.165) is 5.69 Å². The normalized spacial score (nSPS) is 13.8. The Morgan fingerprint density at radius 1 is 1.06 bits per heavy atom. The van der Waals surface area contributed by atoms with Gasteiger partial charge in [-0.1, -0.05) is 18.2 Å². The van der Waals surface area contributed by atoms with E-state index in [2.05, 4.69) is 15.1 Å². The second-order valence-corrected chi connectivity index (χ2v) is 8.73. The van der Waals surface area contributed by atoms with Crippen LogP contribution < -0.4 is 10.5 Å². The van der Waals surface area contributed by atoms with Crippen LogP contribution in [0, 0.1) is 5.82 Å². The van der Waals surface area contributed by atoms with Gasteiger partial charge in [0.15, 0.2) is 11.4 Å². The summed E-state index contributed by atoms with van der Waals surface area (Å²) in [7, 11) is 0. The second kappa shape index (κ2) is 9.73. The van der Waals surface area contributed by atoms with Gasteiger partial charge in [0.1, 0.15) is 17.0 Å². The van der Waals surface area contributed by atoms with E-state index in [-0.39, 0.29) is 30.1 Å². The fourth-order valence-electron chi connectivity index (χ4n) is 4.40. The molecule has 0 radical (unpaired) electrons. The lowest BCUT2D eigenvalue weighted by atomic mass is 10.1. The summed E-state index contributed by atoms with van der Waals surface area (Å²) in [4.78, 5) is 47.8. The van der Waals surface area contributed by atoms with Crippen molar-refractivity contribution in [3.8, 4) is 5.69 Å². The van der Waals surface area contributed by atoms with Gasteiger partial charge in [0.05, 0.1) is 17.6 Å². The number of hydrogen-bond donors (Lipinski definition) is 1. The van der Waals surface area contributed by atoms with Crippen molar-refractivity contribution in [2.45, 2.75) is 19.8 Å². The van der Waals surface area contributed by atoms with Crippen LogP contribution in [0.15, 0.2) is 59.5 Å². The van der Waals surface area contributed by atoms with Crippen molar-refractivity contribution in [3.63, 3.8) is 0 Å². The van der Waals surface area contributed by atoms with E-state index in [1.165, 1.54) is 19.2 Å². The third kappa shape index (κ3) is 4.61. The number of aryl methyl sites for hydroxylation is 1. The molecular formula is C26H25FN6O3. The lowest BCUT2D eigenvalue weighted by molar-refractivity contribution is -0.131. The van der Waals surface area contributed by atoms with E-state index in [1.807, 2.05) is 35.2 Å². The van der Waals surface area contributed by atoms with Crippen LogP contribution in [0.4, 0.5) is 10.1 Å². The van der Waals surface area contributed by atoms with Gasteiger partial charge in [-0.3, -0.25) is 14.4 Å². The highest BCUT2D eigenvalue weighted by atomic mass is 19.1. The van der Waals surface area contributed by atoms with Crippen molar-refractivity contribution in [2.24, 2.45) is 0 Å². The van der Waals surface area contributed by atoms with E-state index in [9.17, 15) is 18.8 Å². The van der Waals surface area contributed by atoms with Crippen molar-refractivity contribution < 1.29 is 14.0 Å². The van der Waals surface area contributed by atoms with Gasteiger partial charge in [-0.25, -0.2) is 14.1 Å². The topological polar surface area (TPSA) is 104 Å². The maximum atomic E-state index is 14.5. The number of carbonyl (C=O) groups is 2. The standard InChI is InChI=1S/C26H25FN6O3/c1-17(34)18-7-8-22(21(27)15-18)31-11-13-32(14-12-31)24(35)10-9-23-29-25-20(26(36)30-23)16-28-33(25)19-5-3-2-4-6-19/h2-8,15-16H,9-14H2,1H3,(H,29,30,36). The third-order valence-electron chi connectivity index (χ3n) is 6.39. The molecule has 1 fully saturated rings. The molecule has 0 saturated carbocycles. The van der Waals surface area contributed by atoms with Crippen LogP contribution in [0.2, 0.25) is 0 Å². The number of nitrogens with zero attached hydrogens (tertiary/aromatic N) is 5. The number of aromatic nitrogens is 4. The van der Waals surface area contributed by atoms with Crippen molar-refractivity contribution in [1.82, 2.24) is 24.6 Å². The van der Waals surface area contributed by atoms with Gasteiger partial charge in [-0.15, -0.1) is 0 Å². The number of aromatic amines is 1. The lowest BCUT2D eigenvalue weighted by Gasteiger charge is -2.36. The molecule has 9 nitrogen and oxygen atoms in total. The molecule has 2 aromatic carbocycles. The fraction of sp³-hybridized carbons (Fsp3) is 0.269. The highest BCUT2D eigenvalue weighted by molar-refractivity contribution is 5.94. The zero-order valence-electron chi connectivity index (χ0n) is 19.8. The number of halogens is 1. The number of carbonyl (C=O) groups excluding carboxylic acids is 2. The largest absolute Gasteiger partial charge is 0.366 e. The molecule has 0 bridgehead atoms.